The third-order valence-corrected chi connectivity index (χ3v) is 4.64. The van der Waals surface area contributed by atoms with Crippen LogP contribution in [-0.4, -0.2) is 62.2 Å². The molecule has 2 atom stereocenters. The van der Waals surface area contributed by atoms with E-state index < -0.39 is 0 Å². The van der Waals surface area contributed by atoms with Crippen molar-refractivity contribution < 1.29 is 0 Å². The van der Waals surface area contributed by atoms with E-state index in [4.69, 9.17) is 11.6 Å². The van der Waals surface area contributed by atoms with Crippen LogP contribution in [0.15, 0.2) is 24.3 Å². The summed E-state index contributed by atoms with van der Waals surface area (Å²) >= 11 is 6.10. The van der Waals surface area contributed by atoms with Crippen LogP contribution in [0.4, 0.5) is 0 Å². The van der Waals surface area contributed by atoms with Crippen LogP contribution in [0, 0.1) is 0 Å². The summed E-state index contributed by atoms with van der Waals surface area (Å²) in [5.74, 6) is 0. The Labute approximate surface area is 134 Å². The molecular formula is C17H28ClN3. The number of benzene rings is 1. The third-order valence-electron chi connectivity index (χ3n) is 4.40. The number of nitrogens with one attached hydrogen (secondary N) is 1. The summed E-state index contributed by atoms with van der Waals surface area (Å²) in [5.41, 5.74) is 1.32. The zero-order chi connectivity index (χ0) is 15.2. The molecular weight excluding hydrogens is 282 g/mol. The van der Waals surface area contributed by atoms with Crippen LogP contribution in [0.5, 0.6) is 0 Å². The van der Waals surface area contributed by atoms with Gasteiger partial charge in [0.15, 0.2) is 0 Å². The summed E-state index contributed by atoms with van der Waals surface area (Å²) in [4.78, 5) is 4.94. The van der Waals surface area contributed by atoms with E-state index in [-0.39, 0.29) is 0 Å². The fourth-order valence-electron chi connectivity index (χ4n) is 3.16. The molecule has 1 heterocycles. The van der Waals surface area contributed by atoms with Gasteiger partial charge in [-0.2, -0.15) is 0 Å². The van der Waals surface area contributed by atoms with Gasteiger partial charge >= 0.3 is 0 Å². The number of hydrogen-bond donors (Lipinski definition) is 1. The first-order valence-corrected chi connectivity index (χ1v) is 8.33. The lowest BCUT2D eigenvalue weighted by molar-refractivity contribution is 0.101. The molecule has 0 amide bonds. The Kier molecular flexibility index (Phi) is 6.49. The molecule has 1 saturated heterocycles. The van der Waals surface area contributed by atoms with E-state index in [0.29, 0.717) is 12.1 Å². The molecule has 1 aromatic carbocycles. The van der Waals surface area contributed by atoms with E-state index in [1.807, 2.05) is 12.1 Å². The molecule has 0 aromatic heterocycles. The van der Waals surface area contributed by atoms with Gasteiger partial charge < -0.3 is 15.1 Å². The minimum Gasteiger partial charge on any atom is -0.314 e. The van der Waals surface area contributed by atoms with Gasteiger partial charge in [-0.05, 0) is 51.2 Å². The maximum Gasteiger partial charge on any atom is 0.0408 e. The molecule has 4 heteroatoms. The minimum absolute atomic E-state index is 0.507. The lowest BCUT2D eigenvalue weighted by Gasteiger charge is -2.39. The molecule has 0 bridgehead atoms. The normalized spacial score (nSPS) is 22.4. The first-order chi connectivity index (χ1) is 10.1. The van der Waals surface area contributed by atoms with Crippen molar-refractivity contribution in [3.8, 4) is 0 Å². The maximum atomic E-state index is 6.10. The van der Waals surface area contributed by atoms with Crippen LogP contribution < -0.4 is 5.32 Å². The van der Waals surface area contributed by atoms with Gasteiger partial charge in [0.1, 0.15) is 0 Å². The van der Waals surface area contributed by atoms with E-state index >= 15 is 0 Å². The Morgan fingerprint density at radius 2 is 2.14 bits per heavy atom. The molecule has 0 spiro atoms. The van der Waals surface area contributed by atoms with Gasteiger partial charge in [-0.3, -0.25) is 0 Å². The fourth-order valence-corrected chi connectivity index (χ4v) is 3.37. The highest BCUT2D eigenvalue weighted by Crippen LogP contribution is 2.17. The van der Waals surface area contributed by atoms with Gasteiger partial charge in [0.05, 0.1) is 0 Å². The van der Waals surface area contributed by atoms with Gasteiger partial charge in [-0.15, -0.1) is 0 Å². The summed E-state index contributed by atoms with van der Waals surface area (Å²) in [7, 11) is 4.47. The molecule has 2 unspecified atom stereocenters. The molecule has 0 radical (unpaired) electrons. The Morgan fingerprint density at radius 1 is 1.33 bits per heavy atom. The highest BCUT2D eigenvalue weighted by molar-refractivity contribution is 6.30. The molecule has 21 heavy (non-hydrogen) atoms. The van der Waals surface area contributed by atoms with Crippen molar-refractivity contribution >= 4 is 11.6 Å². The number of piperazine rings is 1. The van der Waals surface area contributed by atoms with Crippen molar-refractivity contribution in [2.45, 2.75) is 31.8 Å². The standard InChI is InChI=1S/C17H28ClN3/c1-4-19-16(11-14-6-5-7-15(18)10-14)12-17-13-20(2)8-9-21(17)3/h5-7,10,16-17,19H,4,8-9,11-13H2,1-3H3. The molecule has 1 fully saturated rings. The number of rotatable bonds is 6. The van der Waals surface area contributed by atoms with E-state index in [2.05, 4.69) is 48.3 Å². The smallest absolute Gasteiger partial charge is 0.0408 e. The van der Waals surface area contributed by atoms with Crippen molar-refractivity contribution in [2.75, 3.05) is 40.3 Å². The summed E-state index contributed by atoms with van der Waals surface area (Å²) in [6, 6.07) is 9.38. The van der Waals surface area contributed by atoms with Crippen molar-refractivity contribution in [2.24, 2.45) is 0 Å². The van der Waals surface area contributed by atoms with E-state index in [1.165, 1.54) is 18.5 Å². The Morgan fingerprint density at radius 3 is 2.86 bits per heavy atom. The molecule has 1 aliphatic rings. The molecule has 0 aliphatic carbocycles. The van der Waals surface area contributed by atoms with Crippen molar-refractivity contribution in [3.63, 3.8) is 0 Å². The van der Waals surface area contributed by atoms with Crippen LogP contribution in [0.2, 0.25) is 5.02 Å². The predicted molar refractivity (Wildman–Crippen MR) is 91.2 cm³/mol. The van der Waals surface area contributed by atoms with Crippen LogP contribution in [-0.2, 0) is 6.42 Å². The second kappa shape index (κ2) is 8.14. The monoisotopic (exact) mass is 309 g/mol. The highest BCUT2D eigenvalue weighted by atomic mass is 35.5. The van der Waals surface area contributed by atoms with Gasteiger partial charge in [-0.25, -0.2) is 0 Å². The van der Waals surface area contributed by atoms with Gasteiger partial charge in [-0.1, -0.05) is 30.7 Å². The zero-order valence-electron chi connectivity index (χ0n) is 13.5. The molecule has 2 rings (SSSR count). The Hall–Kier alpha value is -0.610. The van der Waals surface area contributed by atoms with E-state index in [0.717, 1.165) is 31.1 Å². The largest absolute Gasteiger partial charge is 0.314 e. The number of likely N-dealkylation sites (N-methyl/N-ethyl adjacent to an activating group) is 3. The molecule has 3 nitrogen and oxygen atoms in total. The first kappa shape index (κ1) is 16.8. The van der Waals surface area contributed by atoms with Gasteiger partial charge in [0.25, 0.3) is 0 Å². The average Bonchev–Trinajstić information content (AvgIpc) is 2.43. The van der Waals surface area contributed by atoms with Crippen molar-refractivity contribution in [1.29, 1.82) is 0 Å². The summed E-state index contributed by atoms with van der Waals surface area (Å²) in [6.07, 6.45) is 2.23. The van der Waals surface area contributed by atoms with E-state index in [1.54, 1.807) is 0 Å². The van der Waals surface area contributed by atoms with Crippen LogP contribution in [0.25, 0.3) is 0 Å². The fraction of sp³-hybridized carbons (Fsp3) is 0.647. The van der Waals surface area contributed by atoms with Crippen molar-refractivity contribution in [3.05, 3.63) is 34.9 Å². The molecule has 1 N–H and O–H groups in total. The first-order valence-electron chi connectivity index (χ1n) is 7.95. The number of hydrogen-bond acceptors (Lipinski definition) is 3. The topological polar surface area (TPSA) is 18.5 Å². The van der Waals surface area contributed by atoms with E-state index in [9.17, 15) is 0 Å². The third kappa shape index (κ3) is 5.26. The Bertz CT molecular complexity index is 438. The van der Waals surface area contributed by atoms with Crippen molar-refractivity contribution in [1.82, 2.24) is 15.1 Å². The minimum atomic E-state index is 0.507. The van der Waals surface area contributed by atoms with Crippen LogP contribution in [0.3, 0.4) is 0 Å². The molecule has 118 valence electrons. The summed E-state index contributed by atoms with van der Waals surface area (Å²) in [5, 5.41) is 4.48. The predicted octanol–water partition coefficient (Wildman–Crippen LogP) is 2.50. The quantitative estimate of drug-likeness (QED) is 0.871. The lowest BCUT2D eigenvalue weighted by atomic mass is 9.97. The molecule has 0 saturated carbocycles. The second-order valence-electron chi connectivity index (χ2n) is 6.22. The lowest BCUT2D eigenvalue weighted by Crippen LogP contribution is -2.52. The van der Waals surface area contributed by atoms with Gasteiger partial charge in [0.2, 0.25) is 0 Å². The SMILES string of the molecule is CCNC(Cc1cccc(Cl)c1)CC1CN(C)CCN1C. The maximum absolute atomic E-state index is 6.10. The number of nitrogens with zero attached hydrogens (tertiary/aromatic N) is 2. The average molecular weight is 310 g/mol. The molecule has 1 aliphatic heterocycles. The highest BCUT2D eigenvalue weighted by Gasteiger charge is 2.25. The Balaban J connectivity index is 1.98. The summed E-state index contributed by atoms with van der Waals surface area (Å²) in [6.45, 7) is 6.69. The van der Waals surface area contributed by atoms with Crippen LogP contribution in [0.1, 0.15) is 18.9 Å². The number of halogens is 1. The van der Waals surface area contributed by atoms with Gasteiger partial charge in [0, 0.05) is 36.7 Å². The summed E-state index contributed by atoms with van der Waals surface area (Å²) < 4.78 is 0. The molecule has 1 aromatic rings. The zero-order valence-corrected chi connectivity index (χ0v) is 14.2. The second-order valence-corrected chi connectivity index (χ2v) is 6.66. The van der Waals surface area contributed by atoms with Crippen LogP contribution >= 0.6 is 11.6 Å².